The van der Waals surface area contributed by atoms with Crippen LogP contribution >= 0.6 is 0 Å². The number of rotatable bonds is 3. The molecule has 0 aromatic heterocycles. The van der Waals surface area contributed by atoms with Crippen molar-refractivity contribution < 1.29 is 18.0 Å². The molecule has 1 aromatic carbocycles. The predicted molar refractivity (Wildman–Crippen MR) is 63.3 cm³/mol. The Hall–Kier alpha value is -1.76. The van der Waals surface area contributed by atoms with E-state index in [1.807, 2.05) is 0 Å². The topological polar surface area (TPSA) is 58.4 Å². The minimum Gasteiger partial charge on any atom is -0.336 e. The molecule has 1 heterocycles. The van der Waals surface area contributed by atoms with Gasteiger partial charge in [-0.25, -0.2) is 4.79 Å². The zero-order valence-corrected chi connectivity index (χ0v) is 10.1. The Morgan fingerprint density at radius 3 is 2.74 bits per heavy atom. The van der Waals surface area contributed by atoms with E-state index in [2.05, 4.69) is 5.32 Å². The molecule has 0 bridgehead atoms. The van der Waals surface area contributed by atoms with Gasteiger partial charge in [0.15, 0.2) is 0 Å². The number of hydrogen-bond donors (Lipinski definition) is 2. The van der Waals surface area contributed by atoms with Gasteiger partial charge in [0, 0.05) is 25.7 Å². The molecule has 1 aliphatic heterocycles. The van der Waals surface area contributed by atoms with E-state index in [0.717, 1.165) is 12.1 Å². The number of alkyl halides is 3. The van der Waals surface area contributed by atoms with E-state index in [0.29, 0.717) is 18.7 Å². The average Bonchev–Trinajstić information content (AvgIpc) is 2.74. The van der Waals surface area contributed by atoms with Gasteiger partial charge in [0.25, 0.3) is 0 Å². The SMILES string of the molecule is NC(CN1CCNC1=O)c1cccc(C(F)(F)F)c1. The second-order valence-corrected chi connectivity index (χ2v) is 4.41. The molecule has 0 spiro atoms. The smallest absolute Gasteiger partial charge is 0.336 e. The Kier molecular flexibility index (Phi) is 3.66. The number of nitrogens with one attached hydrogen (secondary N) is 1. The van der Waals surface area contributed by atoms with Gasteiger partial charge in [-0.05, 0) is 17.7 Å². The zero-order chi connectivity index (χ0) is 14.0. The third-order valence-electron chi connectivity index (χ3n) is 3.00. The van der Waals surface area contributed by atoms with Gasteiger partial charge in [-0.3, -0.25) is 0 Å². The molecule has 2 rings (SSSR count). The molecule has 1 fully saturated rings. The summed E-state index contributed by atoms with van der Waals surface area (Å²) >= 11 is 0. The standard InChI is InChI=1S/C12H14F3N3O/c13-12(14,15)9-3-1-2-8(6-9)10(16)7-18-5-4-17-11(18)19/h1-3,6,10H,4-5,7,16H2,(H,17,19). The highest BCUT2D eigenvalue weighted by Gasteiger charge is 2.31. The summed E-state index contributed by atoms with van der Waals surface area (Å²) in [6.45, 7) is 1.26. The molecule has 1 aliphatic rings. The van der Waals surface area contributed by atoms with Crippen molar-refractivity contribution in [3.8, 4) is 0 Å². The molecule has 1 saturated heterocycles. The minimum atomic E-state index is -4.39. The highest BCUT2D eigenvalue weighted by atomic mass is 19.4. The predicted octanol–water partition coefficient (Wildman–Crippen LogP) is 1.73. The maximum absolute atomic E-state index is 12.6. The number of halogens is 3. The lowest BCUT2D eigenvalue weighted by Gasteiger charge is -2.20. The summed E-state index contributed by atoms with van der Waals surface area (Å²) in [5.74, 6) is 0. The lowest BCUT2D eigenvalue weighted by atomic mass is 10.0. The first-order chi connectivity index (χ1) is 8.88. The molecule has 1 unspecified atom stereocenters. The third kappa shape index (κ3) is 3.17. The Morgan fingerprint density at radius 2 is 2.16 bits per heavy atom. The monoisotopic (exact) mass is 273 g/mol. The lowest BCUT2D eigenvalue weighted by molar-refractivity contribution is -0.137. The first-order valence-corrected chi connectivity index (χ1v) is 5.83. The molecule has 19 heavy (non-hydrogen) atoms. The van der Waals surface area contributed by atoms with Crippen LogP contribution in [0.15, 0.2) is 24.3 Å². The summed E-state index contributed by atoms with van der Waals surface area (Å²) < 4.78 is 37.7. The molecular formula is C12H14F3N3O. The van der Waals surface area contributed by atoms with E-state index >= 15 is 0 Å². The number of amides is 2. The maximum Gasteiger partial charge on any atom is 0.416 e. The fourth-order valence-electron chi connectivity index (χ4n) is 1.97. The Bertz CT molecular complexity index is 476. The normalized spacial score (nSPS) is 17.5. The molecule has 0 radical (unpaired) electrons. The summed E-state index contributed by atoms with van der Waals surface area (Å²) in [5.41, 5.74) is 5.50. The minimum absolute atomic E-state index is 0.202. The van der Waals surface area contributed by atoms with Crippen molar-refractivity contribution in [2.45, 2.75) is 12.2 Å². The molecule has 1 atom stereocenters. The van der Waals surface area contributed by atoms with Gasteiger partial charge >= 0.3 is 12.2 Å². The highest BCUT2D eigenvalue weighted by Crippen LogP contribution is 2.30. The fourth-order valence-corrected chi connectivity index (χ4v) is 1.97. The number of benzene rings is 1. The van der Waals surface area contributed by atoms with Gasteiger partial charge in [0.1, 0.15) is 0 Å². The van der Waals surface area contributed by atoms with Gasteiger partial charge in [0.05, 0.1) is 5.56 Å². The highest BCUT2D eigenvalue weighted by molar-refractivity contribution is 5.76. The quantitative estimate of drug-likeness (QED) is 0.881. The van der Waals surface area contributed by atoms with Crippen LogP contribution < -0.4 is 11.1 Å². The molecule has 7 heteroatoms. The van der Waals surface area contributed by atoms with Gasteiger partial charge in [-0.2, -0.15) is 13.2 Å². The third-order valence-corrected chi connectivity index (χ3v) is 3.00. The van der Waals surface area contributed by atoms with Crippen LogP contribution in [0.5, 0.6) is 0 Å². The number of nitrogens with two attached hydrogens (primary N) is 1. The van der Waals surface area contributed by atoms with E-state index in [4.69, 9.17) is 5.73 Å². The second-order valence-electron chi connectivity index (χ2n) is 4.41. The first kappa shape index (κ1) is 13.7. The van der Waals surface area contributed by atoms with Crippen molar-refractivity contribution in [2.75, 3.05) is 19.6 Å². The molecule has 0 saturated carbocycles. The number of urea groups is 1. The summed E-state index contributed by atoms with van der Waals surface area (Å²) in [6.07, 6.45) is -4.39. The lowest BCUT2D eigenvalue weighted by Crippen LogP contribution is -2.34. The summed E-state index contributed by atoms with van der Waals surface area (Å²) in [6, 6.07) is 4.02. The largest absolute Gasteiger partial charge is 0.416 e. The van der Waals surface area contributed by atoms with Crippen molar-refractivity contribution >= 4 is 6.03 Å². The molecule has 1 aromatic rings. The summed E-state index contributed by atoms with van der Waals surface area (Å²) in [7, 11) is 0. The zero-order valence-electron chi connectivity index (χ0n) is 10.1. The maximum atomic E-state index is 12.6. The van der Waals surface area contributed by atoms with Crippen LogP contribution in [-0.2, 0) is 6.18 Å². The van der Waals surface area contributed by atoms with Crippen LogP contribution in [-0.4, -0.2) is 30.6 Å². The van der Waals surface area contributed by atoms with E-state index in [1.165, 1.54) is 17.0 Å². The van der Waals surface area contributed by atoms with Crippen molar-refractivity contribution in [1.29, 1.82) is 0 Å². The molecule has 3 N–H and O–H groups in total. The number of carbonyl (C=O) groups excluding carboxylic acids is 1. The molecule has 104 valence electrons. The van der Waals surface area contributed by atoms with Crippen molar-refractivity contribution in [1.82, 2.24) is 10.2 Å². The summed E-state index contributed by atoms with van der Waals surface area (Å²) in [4.78, 5) is 12.8. The second kappa shape index (κ2) is 5.08. The van der Waals surface area contributed by atoms with Gasteiger partial charge in [-0.15, -0.1) is 0 Å². The van der Waals surface area contributed by atoms with Crippen LogP contribution in [0.2, 0.25) is 0 Å². The first-order valence-electron chi connectivity index (χ1n) is 5.83. The van der Waals surface area contributed by atoms with Crippen molar-refractivity contribution in [3.63, 3.8) is 0 Å². The van der Waals surface area contributed by atoms with Crippen molar-refractivity contribution in [2.24, 2.45) is 5.73 Å². The molecular weight excluding hydrogens is 259 g/mol. The molecule has 4 nitrogen and oxygen atoms in total. The molecule has 2 amide bonds. The van der Waals surface area contributed by atoms with E-state index in [1.54, 1.807) is 0 Å². The summed E-state index contributed by atoms with van der Waals surface area (Å²) in [5, 5.41) is 2.61. The van der Waals surface area contributed by atoms with E-state index < -0.39 is 17.8 Å². The number of hydrogen-bond acceptors (Lipinski definition) is 2. The van der Waals surface area contributed by atoms with E-state index in [-0.39, 0.29) is 12.6 Å². The van der Waals surface area contributed by atoms with E-state index in [9.17, 15) is 18.0 Å². The van der Waals surface area contributed by atoms with Crippen LogP contribution in [0.3, 0.4) is 0 Å². The van der Waals surface area contributed by atoms with Crippen LogP contribution in [0, 0.1) is 0 Å². The van der Waals surface area contributed by atoms with Crippen molar-refractivity contribution in [3.05, 3.63) is 35.4 Å². The average molecular weight is 273 g/mol. The van der Waals surface area contributed by atoms with Crippen LogP contribution in [0.4, 0.5) is 18.0 Å². The van der Waals surface area contributed by atoms with Gasteiger partial charge in [-0.1, -0.05) is 12.1 Å². The molecule has 0 aliphatic carbocycles. The Labute approximate surface area is 108 Å². The van der Waals surface area contributed by atoms with Gasteiger partial charge in [0.2, 0.25) is 0 Å². The van der Waals surface area contributed by atoms with Crippen LogP contribution in [0.1, 0.15) is 17.2 Å². The Morgan fingerprint density at radius 1 is 1.42 bits per heavy atom. The number of carbonyl (C=O) groups is 1. The van der Waals surface area contributed by atoms with Gasteiger partial charge < -0.3 is 16.0 Å². The van der Waals surface area contributed by atoms with Crippen LogP contribution in [0.25, 0.3) is 0 Å². The number of nitrogens with zero attached hydrogens (tertiary/aromatic N) is 1. The fraction of sp³-hybridized carbons (Fsp3) is 0.417. The Balaban J connectivity index is 2.10.